The highest BCUT2D eigenvalue weighted by atomic mass is 16.6. The molecule has 0 saturated heterocycles. The van der Waals surface area contributed by atoms with E-state index in [0.717, 1.165) is 11.3 Å². The molecule has 1 aromatic carbocycles. The molecule has 0 fully saturated rings. The second-order valence-corrected chi connectivity index (χ2v) is 4.38. The highest BCUT2D eigenvalue weighted by molar-refractivity contribution is 5.68. The van der Waals surface area contributed by atoms with Gasteiger partial charge in [0.2, 0.25) is 0 Å². The van der Waals surface area contributed by atoms with Gasteiger partial charge in [0.1, 0.15) is 5.69 Å². The van der Waals surface area contributed by atoms with Gasteiger partial charge in [0.15, 0.2) is 5.75 Å². The van der Waals surface area contributed by atoms with Crippen LogP contribution in [-0.2, 0) is 13.6 Å². The van der Waals surface area contributed by atoms with Crippen LogP contribution in [0.2, 0.25) is 0 Å². The van der Waals surface area contributed by atoms with Gasteiger partial charge in [0.25, 0.3) is 0 Å². The van der Waals surface area contributed by atoms with Gasteiger partial charge in [-0.15, -0.1) is 0 Å². The first-order valence-corrected chi connectivity index (χ1v) is 6.07. The first-order chi connectivity index (χ1) is 9.52. The van der Waals surface area contributed by atoms with Crippen molar-refractivity contribution in [1.29, 1.82) is 0 Å². The number of methoxy groups -OCH3 is 1. The Bertz CT molecular complexity index is 637. The van der Waals surface area contributed by atoms with Crippen LogP contribution in [0.5, 0.6) is 5.75 Å². The van der Waals surface area contributed by atoms with Crippen LogP contribution in [0.1, 0.15) is 11.3 Å². The molecular weight excluding hydrogens is 260 g/mol. The van der Waals surface area contributed by atoms with Crippen LogP contribution >= 0.6 is 0 Å². The zero-order valence-corrected chi connectivity index (χ0v) is 11.6. The van der Waals surface area contributed by atoms with Gasteiger partial charge in [-0.1, -0.05) is 6.07 Å². The van der Waals surface area contributed by atoms with Gasteiger partial charge in [0, 0.05) is 25.4 Å². The van der Waals surface area contributed by atoms with E-state index in [1.807, 2.05) is 20.2 Å². The van der Waals surface area contributed by atoms with Gasteiger partial charge >= 0.3 is 5.69 Å². The third-order valence-electron chi connectivity index (χ3n) is 2.99. The molecule has 0 aliphatic heterocycles. The van der Waals surface area contributed by atoms with E-state index >= 15 is 0 Å². The number of hydrogen-bond donors (Lipinski definition) is 1. The quantitative estimate of drug-likeness (QED) is 0.669. The number of rotatable bonds is 5. The summed E-state index contributed by atoms with van der Waals surface area (Å²) in [6.45, 7) is 2.37. The monoisotopic (exact) mass is 276 g/mol. The molecule has 0 bridgehead atoms. The topological polar surface area (TPSA) is 82.2 Å². The number of aromatic nitrogens is 2. The summed E-state index contributed by atoms with van der Waals surface area (Å²) in [5.74, 6) is 0.239. The van der Waals surface area contributed by atoms with Crippen molar-refractivity contribution in [2.24, 2.45) is 7.05 Å². The average Bonchev–Trinajstić information content (AvgIpc) is 2.73. The van der Waals surface area contributed by atoms with E-state index in [1.54, 1.807) is 22.9 Å². The molecule has 0 atom stereocenters. The van der Waals surface area contributed by atoms with Crippen LogP contribution in [0.15, 0.2) is 24.4 Å². The minimum absolute atomic E-state index is 0.0588. The van der Waals surface area contributed by atoms with E-state index in [1.165, 1.54) is 7.11 Å². The van der Waals surface area contributed by atoms with Crippen molar-refractivity contribution in [3.05, 3.63) is 45.8 Å². The SMILES string of the molecule is COc1cccc(NCc2cn(C)nc2C)c1[N+](=O)[O-]. The number of nitrogens with one attached hydrogen (secondary N) is 1. The highest BCUT2D eigenvalue weighted by Gasteiger charge is 2.20. The first kappa shape index (κ1) is 13.9. The van der Waals surface area contributed by atoms with Gasteiger partial charge < -0.3 is 10.1 Å². The number of nitro benzene ring substituents is 1. The van der Waals surface area contributed by atoms with Crippen LogP contribution in [-0.4, -0.2) is 21.8 Å². The first-order valence-electron chi connectivity index (χ1n) is 6.07. The lowest BCUT2D eigenvalue weighted by Crippen LogP contribution is -2.04. The third-order valence-corrected chi connectivity index (χ3v) is 2.99. The summed E-state index contributed by atoms with van der Waals surface area (Å²) in [4.78, 5) is 10.7. The maximum atomic E-state index is 11.2. The predicted octanol–water partition coefficient (Wildman–Crippen LogP) is 2.26. The summed E-state index contributed by atoms with van der Waals surface area (Å²) in [7, 11) is 3.25. The molecule has 0 aliphatic carbocycles. The van der Waals surface area contributed by atoms with Gasteiger partial charge in [0.05, 0.1) is 17.7 Å². The number of anilines is 1. The molecule has 7 heteroatoms. The van der Waals surface area contributed by atoms with Crippen LogP contribution < -0.4 is 10.1 Å². The third kappa shape index (κ3) is 2.71. The van der Waals surface area contributed by atoms with E-state index in [4.69, 9.17) is 4.74 Å². The van der Waals surface area contributed by atoms with Crippen molar-refractivity contribution < 1.29 is 9.66 Å². The van der Waals surface area contributed by atoms with Gasteiger partial charge in [-0.3, -0.25) is 14.8 Å². The molecule has 1 N–H and O–H groups in total. The fourth-order valence-electron chi connectivity index (χ4n) is 2.03. The number of para-hydroxylation sites is 1. The van der Waals surface area contributed by atoms with Gasteiger partial charge in [-0.25, -0.2) is 0 Å². The Labute approximate surface area is 116 Å². The van der Waals surface area contributed by atoms with Crippen molar-refractivity contribution in [2.75, 3.05) is 12.4 Å². The Hall–Kier alpha value is -2.57. The standard InChI is InChI=1S/C13H16N4O3/c1-9-10(8-16(2)15-9)7-14-11-5-4-6-12(20-3)13(11)17(18)19/h4-6,8,14H,7H2,1-3H3. The van der Waals surface area contributed by atoms with E-state index in [9.17, 15) is 10.1 Å². The van der Waals surface area contributed by atoms with Crippen molar-refractivity contribution in [2.45, 2.75) is 13.5 Å². The molecule has 106 valence electrons. The lowest BCUT2D eigenvalue weighted by Gasteiger charge is -2.09. The Kier molecular flexibility index (Phi) is 3.88. The van der Waals surface area contributed by atoms with Crippen molar-refractivity contribution in [3.63, 3.8) is 0 Å². The minimum atomic E-state index is -0.447. The van der Waals surface area contributed by atoms with E-state index in [0.29, 0.717) is 12.2 Å². The molecule has 7 nitrogen and oxygen atoms in total. The van der Waals surface area contributed by atoms with Crippen LogP contribution in [0.3, 0.4) is 0 Å². The molecular formula is C13H16N4O3. The average molecular weight is 276 g/mol. The predicted molar refractivity (Wildman–Crippen MR) is 74.9 cm³/mol. The molecule has 1 heterocycles. The van der Waals surface area contributed by atoms with Gasteiger partial charge in [-0.2, -0.15) is 5.10 Å². The Balaban J connectivity index is 2.25. The number of hydrogen-bond acceptors (Lipinski definition) is 5. The molecule has 0 aliphatic rings. The smallest absolute Gasteiger partial charge is 0.333 e. The molecule has 0 unspecified atom stereocenters. The second-order valence-electron chi connectivity index (χ2n) is 4.38. The van der Waals surface area contributed by atoms with Crippen molar-refractivity contribution >= 4 is 11.4 Å². The number of nitro groups is 1. The molecule has 1 aromatic heterocycles. The number of nitrogens with zero attached hydrogens (tertiary/aromatic N) is 3. The summed E-state index contributed by atoms with van der Waals surface area (Å²) >= 11 is 0. The number of benzene rings is 1. The summed E-state index contributed by atoms with van der Waals surface area (Å²) in [5.41, 5.74) is 2.25. The molecule has 2 rings (SSSR count). The summed E-state index contributed by atoms with van der Waals surface area (Å²) in [5, 5.41) is 18.5. The number of ether oxygens (including phenoxy) is 1. The molecule has 20 heavy (non-hydrogen) atoms. The highest BCUT2D eigenvalue weighted by Crippen LogP contribution is 2.34. The fourth-order valence-corrected chi connectivity index (χ4v) is 2.03. The maximum absolute atomic E-state index is 11.2. The summed E-state index contributed by atoms with van der Waals surface area (Å²) in [6.07, 6.45) is 1.88. The molecule has 0 saturated carbocycles. The summed E-state index contributed by atoms with van der Waals surface area (Å²) in [6, 6.07) is 4.94. The summed E-state index contributed by atoms with van der Waals surface area (Å²) < 4.78 is 6.74. The Morgan fingerprint density at radius 3 is 2.80 bits per heavy atom. The molecule has 0 amide bonds. The molecule has 0 radical (unpaired) electrons. The largest absolute Gasteiger partial charge is 0.490 e. The Morgan fingerprint density at radius 1 is 1.50 bits per heavy atom. The van der Waals surface area contributed by atoms with Crippen LogP contribution in [0.4, 0.5) is 11.4 Å². The number of aryl methyl sites for hydroxylation is 2. The molecule has 0 spiro atoms. The zero-order valence-electron chi connectivity index (χ0n) is 11.6. The van der Waals surface area contributed by atoms with Crippen molar-refractivity contribution in [3.8, 4) is 5.75 Å². The van der Waals surface area contributed by atoms with Crippen LogP contribution in [0, 0.1) is 17.0 Å². The fraction of sp³-hybridized carbons (Fsp3) is 0.308. The zero-order chi connectivity index (χ0) is 14.7. The Morgan fingerprint density at radius 2 is 2.25 bits per heavy atom. The maximum Gasteiger partial charge on any atom is 0.333 e. The second kappa shape index (κ2) is 5.60. The van der Waals surface area contributed by atoms with Crippen molar-refractivity contribution in [1.82, 2.24) is 9.78 Å². The minimum Gasteiger partial charge on any atom is -0.490 e. The van der Waals surface area contributed by atoms with Gasteiger partial charge in [-0.05, 0) is 19.1 Å². The van der Waals surface area contributed by atoms with E-state index < -0.39 is 4.92 Å². The van der Waals surface area contributed by atoms with E-state index in [2.05, 4.69) is 10.4 Å². The van der Waals surface area contributed by atoms with E-state index in [-0.39, 0.29) is 11.4 Å². The van der Waals surface area contributed by atoms with Crippen LogP contribution in [0.25, 0.3) is 0 Å². The molecule has 2 aromatic rings. The normalized spacial score (nSPS) is 10.3. The lowest BCUT2D eigenvalue weighted by atomic mass is 10.2. The lowest BCUT2D eigenvalue weighted by molar-refractivity contribution is -0.384.